The second-order valence-corrected chi connectivity index (χ2v) is 6.52. The number of carbonyl (C=O) groups excluding carboxylic acids is 1. The van der Waals surface area contributed by atoms with Crippen molar-refractivity contribution in [3.63, 3.8) is 0 Å². The van der Waals surface area contributed by atoms with Gasteiger partial charge in [0.25, 0.3) is 5.91 Å². The molecule has 25 heavy (non-hydrogen) atoms. The number of allylic oxidation sites excluding steroid dienone is 1. The Kier molecular flexibility index (Phi) is 4.74. The molecule has 7 nitrogen and oxygen atoms in total. The molecule has 1 aromatic heterocycles. The number of nitrogens with one attached hydrogen (secondary N) is 2. The van der Waals surface area contributed by atoms with Crippen molar-refractivity contribution in [2.75, 3.05) is 17.7 Å². The summed E-state index contributed by atoms with van der Waals surface area (Å²) in [5, 5.41) is 10.4. The first-order chi connectivity index (χ1) is 12.0. The van der Waals surface area contributed by atoms with Crippen LogP contribution in [0.5, 0.6) is 5.75 Å². The van der Waals surface area contributed by atoms with Crippen LogP contribution < -0.4 is 15.4 Å². The highest BCUT2D eigenvalue weighted by atomic mass is 16.5. The number of amides is 1. The van der Waals surface area contributed by atoms with E-state index in [1.54, 1.807) is 11.8 Å². The minimum atomic E-state index is -0.142. The van der Waals surface area contributed by atoms with Crippen LogP contribution in [0.3, 0.4) is 0 Å². The average molecular weight is 341 g/mol. The van der Waals surface area contributed by atoms with E-state index in [9.17, 15) is 4.79 Å². The smallest absolute Gasteiger partial charge is 0.255 e. The minimum Gasteiger partial charge on any atom is -0.497 e. The van der Waals surface area contributed by atoms with Crippen LogP contribution in [0, 0.1) is 5.92 Å². The van der Waals surface area contributed by atoms with Gasteiger partial charge in [0.2, 0.25) is 5.95 Å². The number of methoxy groups -OCH3 is 1. The summed E-state index contributed by atoms with van der Waals surface area (Å²) >= 11 is 0. The van der Waals surface area contributed by atoms with Crippen LogP contribution in [-0.4, -0.2) is 27.8 Å². The fourth-order valence-corrected chi connectivity index (χ4v) is 3.03. The minimum absolute atomic E-state index is 0.137. The first-order valence-electron chi connectivity index (χ1n) is 8.32. The Morgan fingerprint density at radius 3 is 2.72 bits per heavy atom. The van der Waals surface area contributed by atoms with Gasteiger partial charge in [0.15, 0.2) is 0 Å². The Bertz CT molecular complexity index is 792. The van der Waals surface area contributed by atoms with E-state index in [-0.39, 0.29) is 11.9 Å². The van der Waals surface area contributed by atoms with Gasteiger partial charge in [0.1, 0.15) is 12.1 Å². The van der Waals surface area contributed by atoms with E-state index in [1.165, 1.54) is 6.33 Å². The Balaban J connectivity index is 1.87. The molecule has 7 heteroatoms. The molecule has 1 unspecified atom stereocenters. The van der Waals surface area contributed by atoms with Crippen LogP contribution >= 0.6 is 0 Å². The van der Waals surface area contributed by atoms with Gasteiger partial charge in [-0.25, -0.2) is 4.68 Å². The predicted molar refractivity (Wildman–Crippen MR) is 96.5 cm³/mol. The number of nitrogens with zero attached hydrogens (tertiary/aromatic N) is 3. The number of anilines is 2. The highest BCUT2D eigenvalue weighted by molar-refractivity contribution is 6.05. The number of rotatable bonds is 5. The molecule has 0 radical (unpaired) electrons. The third kappa shape index (κ3) is 3.50. The molecule has 1 aromatic carbocycles. The molecule has 132 valence electrons. The summed E-state index contributed by atoms with van der Waals surface area (Å²) < 4.78 is 6.94. The molecule has 0 aliphatic carbocycles. The van der Waals surface area contributed by atoms with Gasteiger partial charge in [-0.15, -0.1) is 0 Å². The van der Waals surface area contributed by atoms with Gasteiger partial charge in [-0.05, 0) is 43.5 Å². The van der Waals surface area contributed by atoms with Gasteiger partial charge >= 0.3 is 0 Å². The highest BCUT2D eigenvalue weighted by Crippen LogP contribution is 2.34. The normalized spacial score (nSPS) is 16.4. The van der Waals surface area contributed by atoms with Crippen molar-refractivity contribution in [2.45, 2.75) is 33.2 Å². The summed E-state index contributed by atoms with van der Waals surface area (Å²) in [6.45, 7) is 6.16. The number of carbonyl (C=O) groups is 1. The van der Waals surface area contributed by atoms with Gasteiger partial charge in [0, 0.05) is 11.4 Å². The zero-order chi connectivity index (χ0) is 18.0. The van der Waals surface area contributed by atoms with Crippen molar-refractivity contribution in [3.05, 3.63) is 41.9 Å². The molecule has 2 heterocycles. The standard InChI is InChI=1S/C18H23N5O2/c1-11(2)9-15-16(12(3)21-18-19-10-20-23(15)18)17(24)22-13-5-7-14(25-4)8-6-13/h5-8,10-11,15H,9H2,1-4H3,(H,22,24)(H,19,20,21). The van der Waals surface area contributed by atoms with Crippen molar-refractivity contribution in [2.24, 2.45) is 5.92 Å². The van der Waals surface area contributed by atoms with E-state index < -0.39 is 0 Å². The zero-order valence-electron chi connectivity index (χ0n) is 14.9. The Morgan fingerprint density at radius 2 is 2.08 bits per heavy atom. The molecular formula is C18H23N5O2. The number of hydrogen-bond donors (Lipinski definition) is 2. The number of fused-ring (bicyclic) bond motifs is 1. The molecular weight excluding hydrogens is 318 g/mol. The van der Waals surface area contributed by atoms with Crippen LogP contribution in [0.1, 0.15) is 33.2 Å². The van der Waals surface area contributed by atoms with Crippen molar-refractivity contribution in [3.8, 4) is 5.75 Å². The molecule has 2 aromatic rings. The van der Waals surface area contributed by atoms with E-state index in [0.717, 1.165) is 23.6 Å². The third-order valence-corrected chi connectivity index (χ3v) is 4.19. The van der Waals surface area contributed by atoms with Crippen molar-refractivity contribution < 1.29 is 9.53 Å². The molecule has 0 bridgehead atoms. The van der Waals surface area contributed by atoms with E-state index in [2.05, 4.69) is 34.6 Å². The van der Waals surface area contributed by atoms with E-state index in [0.29, 0.717) is 17.4 Å². The van der Waals surface area contributed by atoms with E-state index in [4.69, 9.17) is 4.74 Å². The lowest BCUT2D eigenvalue weighted by molar-refractivity contribution is -0.113. The summed E-state index contributed by atoms with van der Waals surface area (Å²) in [6.07, 6.45) is 2.31. The highest BCUT2D eigenvalue weighted by Gasteiger charge is 2.32. The summed E-state index contributed by atoms with van der Waals surface area (Å²) in [4.78, 5) is 17.2. The first kappa shape index (κ1) is 17.0. The van der Waals surface area contributed by atoms with Gasteiger partial charge in [-0.1, -0.05) is 13.8 Å². The SMILES string of the molecule is COc1ccc(NC(=O)C2=C(C)Nc3ncnn3C2CC(C)C)cc1. The van der Waals surface area contributed by atoms with Crippen LogP contribution in [-0.2, 0) is 4.79 Å². The quantitative estimate of drug-likeness (QED) is 0.873. The molecule has 1 aliphatic heterocycles. The summed E-state index contributed by atoms with van der Waals surface area (Å²) in [7, 11) is 1.61. The summed E-state index contributed by atoms with van der Waals surface area (Å²) in [6, 6.07) is 7.13. The van der Waals surface area contributed by atoms with Crippen LogP contribution in [0.2, 0.25) is 0 Å². The van der Waals surface area contributed by atoms with Crippen molar-refractivity contribution in [1.82, 2.24) is 14.8 Å². The van der Waals surface area contributed by atoms with Gasteiger partial charge in [-0.3, -0.25) is 4.79 Å². The largest absolute Gasteiger partial charge is 0.497 e. The van der Waals surface area contributed by atoms with Gasteiger partial charge in [-0.2, -0.15) is 10.1 Å². The van der Waals surface area contributed by atoms with E-state index in [1.807, 2.05) is 31.2 Å². The molecule has 1 amide bonds. The summed E-state index contributed by atoms with van der Waals surface area (Å²) in [5.74, 6) is 1.69. The Labute approximate surface area is 147 Å². The second-order valence-electron chi connectivity index (χ2n) is 6.52. The van der Waals surface area contributed by atoms with Crippen molar-refractivity contribution in [1.29, 1.82) is 0 Å². The van der Waals surface area contributed by atoms with E-state index >= 15 is 0 Å². The molecule has 0 saturated carbocycles. The predicted octanol–water partition coefficient (Wildman–Crippen LogP) is 3.21. The lowest BCUT2D eigenvalue weighted by Gasteiger charge is -2.29. The van der Waals surface area contributed by atoms with Crippen LogP contribution in [0.25, 0.3) is 0 Å². The fraction of sp³-hybridized carbons (Fsp3) is 0.389. The third-order valence-electron chi connectivity index (χ3n) is 4.19. The average Bonchev–Trinajstić information content (AvgIpc) is 3.03. The molecule has 1 atom stereocenters. The van der Waals surface area contributed by atoms with Gasteiger partial charge in [0.05, 0.1) is 18.7 Å². The topological polar surface area (TPSA) is 81.1 Å². The maximum absolute atomic E-state index is 13.0. The zero-order valence-corrected chi connectivity index (χ0v) is 14.9. The lowest BCUT2D eigenvalue weighted by Crippen LogP contribution is -2.31. The maximum Gasteiger partial charge on any atom is 0.255 e. The molecule has 0 saturated heterocycles. The fourth-order valence-electron chi connectivity index (χ4n) is 3.03. The second kappa shape index (κ2) is 6.96. The molecule has 3 rings (SSSR count). The monoisotopic (exact) mass is 341 g/mol. The maximum atomic E-state index is 13.0. The number of aromatic nitrogens is 3. The summed E-state index contributed by atoms with van der Waals surface area (Å²) in [5.41, 5.74) is 2.21. The van der Waals surface area contributed by atoms with Gasteiger partial charge < -0.3 is 15.4 Å². The Morgan fingerprint density at radius 1 is 1.36 bits per heavy atom. The van der Waals surface area contributed by atoms with Crippen LogP contribution in [0.15, 0.2) is 41.9 Å². The number of ether oxygens (including phenoxy) is 1. The molecule has 0 spiro atoms. The molecule has 0 fully saturated rings. The van der Waals surface area contributed by atoms with Crippen LogP contribution in [0.4, 0.5) is 11.6 Å². The first-order valence-corrected chi connectivity index (χ1v) is 8.32. The number of hydrogen-bond acceptors (Lipinski definition) is 5. The molecule has 1 aliphatic rings. The van der Waals surface area contributed by atoms with Crippen molar-refractivity contribution >= 4 is 17.5 Å². The molecule has 2 N–H and O–H groups in total. The lowest BCUT2D eigenvalue weighted by atomic mass is 9.94. The Hall–Kier alpha value is -2.83. The number of benzene rings is 1.